The van der Waals surface area contributed by atoms with Crippen LogP contribution < -0.4 is 27.4 Å². The average molecular weight is 611 g/mol. The molecule has 0 saturated carbocycles. The van der Waals surface area contributed by atoms with Crippen LogP contribution in [0.2, 0.25) is 0 Å². The van der Waals surface area contributed by atoms with Crippen LogP contribution in [0.3, 0.4) is 0 Å². The number of H-pyrrole nitrogens is 1. The summed E-state index contributed by atoms with van der Waals surface area (Å²) < 4.78 is 0. The van der Waals surface area contributed by atoms with Crippen molar-refractivity contribution in [1.29, 1.82) is 0 Å². The molecule has 0 fully saturated rings. The van der Waals surface area contributed by atoms with Crippen LogP contribution in [0.4, 0.5) is 0 Å². The number of fused-ring (bicyclic) bond motifs is 1. The minimum Gasteiger partial charge on any atom is -0.508 e. The number of carboxylic acid groups (broad SMARTS) is 2. The first-order valence-electron chi connectivity index (χ1n) is 13.6. The van der Waals surface area contributed by atoms with E-state index in [-0.39, 0.29) is 31.4 Å². The number of aromatic nitrogens is 1. The summed E-state index contributed by atoms with van der Waals surface area (Å²) in [6.07, 6.45) is 0.101. The number of carboxylic acids is 2. The predicted octanol–water partition coefficient (Wildman–Crippen LogP) is -0.735. The van der Waals surface area contributed by atoms with Gasteiger partial charge in [0.1, 0.15) is 23.9 Å². The Bertz CT molecular complexity index is 1520. The molecule has 0 aliphatic heterocycles. The maximum atomic E-state index is 13.5. The number of primary amides is 1. The van der Waals surface area contributed by atoms with Crippen LogP contribution in [0.25, 0.3) is 10.9 Å². The lowest BCUT2D eigenvalue weighted by atomic mass is 10.0. The van der Waals surface area contributed by atoms with Gasteiger partial charge >= 0.3 is 11.9 Å². The SMILES string of the molecule is NC(=O)CC(NC(=O)C(Cc1c[nH]c2ccccc12)NC(=O)C(N)CCC(=O)O)C(=O)NC(Cc1ccc(O)cc1)C(=O)O. The first kappa shape index (κ1) is 33.1. The molecular formula is C29H34N6O9. The molecule has 0 aliphatic carbocycles. The second-order valence-electron chi connectivity index (χ2n) is 10.2. The Hall–Kier alpha value is -5.44. The maximum Gasteiger partial charge on any atom is 0.326 e. The van der Waals surface area contributed by atoms with E-state index in [2.05, 4.69) is 20.9 Å². The van der Waals surface area contributed by atoms with Gasteiger partial charge in [-0.2, -0.15) is 0 Å². The molecule has 3 aromatic rings. The third-order valence-corrected chi connectivity index (χ3v) is 6.77. The summed E-state index contributed by atoms with van der Waals surface area (Å²) in [5.74, 6) is -6.29. The third-order valence-electron chi connectivity index (χ3n) is 6.77. The summed E-state index contributed by atoms with van der Waals surface area (Å²) in [4.78, 5) is 77.2. The number of aromatic amines is 1. The molecule has 1 aromatic heterocycles. The molecule has 4 amide bonds. The van der Waals surface area contributed by atoms with E-state index in [1.54, 1.807) is 30.5 Å². The molecule has 0 radical (unpaired) electrons. The average Bonchev–Trinajstić information content (AvgIpc) is 3.38. The number of nitrogens with two attached hydrogens (primary N) is 2. The second kappa shape index (κ2) is 15.2. The Balaban J connectivity index is 1.82. The molecule has 4 unspecified atom stereocenters. The number of phenolic OH excluding ortho intramolecular Hbond substituents is 1. The highest BCUT2D eigenvalue weighted by atomic mass is 16.4. The van der Waals surface area contributed by atoms with E-state index in [9.17, 15) is 39.0 Å². The molecule has 0 bridgehead atoms. The first-order chi connectivity index (χ1) is 20.8. The molecule has 0 saturated heterocycles. The number of amides is 4. The lowest BCUT2D eigenvalue weighted by molar-refractivity contribution is -0.142. The summed E-state index contributed by atoms with van der Waals surface area (Å²) in [6.45, 7) is 0. The number of para-hydroxylation sites is 1. The van der Waals surface area contributed by atoms with Crippen LogP contribution >= 0.6 is 0 Å². The van der Waals surface area contributed by atoms with Gasteiger partial charge in [-0.05, 0) is 35.7 Å². The number of benzene rings is 2. The summed E-state index contributed by atoms with van der Waals surface area (Å²) in [7, 11) is 0. The van der Waals surface area contributed by atoms with Crippen molar-refractivity contribution in [2.75, 3.05) is 0 Å². The molecule has 15 heteroatoms. The molecule has 1 heterocycles. The summed E-state index contributed by atoms with van der Waals surface area (Å²) in [5.41, 5.74) is 13.0. The highest BCUT2D eigenvalue weighted by Crippen LogP contribution is 2.19. The summed E-state index contributed by atoms with van der Waals surface area (Å²) >= 11 is 0. The van der Waals surface area contributed by atoms with E-state index < -0.39 is 66.2 Å². The van der Waals surface area contributed by atoms with Gasteiger partial charge in [0.25, 0.3) is 0 Å². The van der Waals surface area contributed by atoms with E-state index in [1.165, 1.54) is 24.3 Å². The van der Waals surface area contributed by atoms with Crippen LogP contribution in [0, 0.1) is 0 Å². The number of carbonyl (C=O) groups is 6. The highest BCUT2D eigenvalue weighted by Gasteiger charge is 2.32. The standard InChI is InChI=1S/C29H34N6O9/c30-19(9-10-25(38)39)26(40)33-21(12-16-14-32-20-4-2-1-3-18(16)20)27(41)34-22(13-24(31)37)28(42)35-23(29(43)44)11-15-5-7-17(36)8-6-15/h1-8,14,19,21-23,32,36H,9-13,30H2,(H2,31,37)(H,33,40)(H,34,41)(H,35,42)(H,38,39)(H,43,44). The number of phenols is 1. The molecule has 44 heavy (non-hydrogen) atoms. The van der Waals surface area contributed by atoms with Gasteiger partial charge in [-0.1, -0.05) is 30.3 Å². The lowest BCUT2D eigenvalue weighted by Crippen LogP contribution is -2.58. The number of aromatic hydroxyl groups is 1. The Morgan fingerprint density at radius 2 is 1.41 bits per heavy atom. The monoisotopic (exact) mass is 610 g/mol. The van der Waals surface area contributed by atoms with Crippen molar-refractivity contribution in [1.82, 2.24) is 20.9 Å². The smallest absolute Gasteiger partial charge is 0.326 e. The van der Waals surface area contributed by atoms with Crippen molar-refractivity contribution in [2.24, 2.45) is 11.5 Å². The Kier molecular flexibility index (Phi) is 11.4. The van der Waals surface area contributed by atoms with E-state index >= 15 is 0 Å². The van der Waals surface area contributed by atoms with Crippen LogP contribution in [0.15, 0.2) is 54.7 Å². The van der Waals surface area contributed by atoms with Crippen LogP contribution in [-0.4, -0.2) is 80.0 Å². The zero-order valence-corrected chi connectivity index (χ0v) is 23.5. The second-order valence-corrected chi connectivity index (χ2v) is 10.2. The fourth-order valence-electron chi connectivity index (χ4n) is 4.44. The molecule has 0 aliphatic rings. The van der Waals surface area contributed by atoms with Gasteiger partial charge in [-0.3, -0.25) is 24.0 Å². The van der Waals surface area contributed by atoms with Gasteiger partial charge in [-0.25, -0.2) is 4.79 Å². The number of hydrogen-bond acceptors (Lipinski definition) is 8. The van der Waals surface area contributed by atoms with Crippen molar-refractivity contribution < 1.29 is 44.1 Å². The fourth-order valence-corrected chi connectivity index (χ4v) is 4.44. The number of carbonyl (C=O) groups excluding carboxylic acids is 4. The van der Waals surface area contributed by atoms with Crippen molar-refractivity contribution in [3.63, 3.8) is 0 Å². The summed E-state index contributed by atoms with van der Waals surface area (Å²) in [6, 6.07) is 7.14. The van der Waals surface area contributed by atoms with E-state index in [4.69, 9.17) is 16.6 Å². The van der Waals surface area contributed by atoms with Crippen molar-refractivity contribution in [3.8, 4) is 5.75 Å². The maximum absolute atomic E-state index is 13.5. The Morgan fingerprint density at radius 3 is 2.05 bits per heavy atom. The fraction of sp³-hybridized carbons (Fsp3) is 0.310. The van der Waals surface area contributed by atoms with Crippen molar-refractivity contribution in [2.45, 2.75) is 56.3 Å². The highest BCUT2D eigenvalue weighted by molar-refractivity contribution is 5.96. The lowest BCUT2D eigenvalue weighted by Gasteiger charge is -2.25. The van der Waals surface area contributed by atoms with E-state index in [0.717, 1.165) is 10.9 Å². The normalized spacial score (nSPS) is 13.7. The zero-order valence-electron chi connectivity index (χ0n) is 23.5. The van der Waals surface area contributed by atoms with Crippen LogP contribution in [0.5, 0.6) is 5.75 Å². The largest absolute Gasteiger partial charge is 0.508 e. The van der Waals surface area contributed by atoms with Gasteiger partial charge in [-0.15, -0.1) is 0 Å². The number of rotatable bonds is 16. The molecule has 15 nitrogen and oxygen atoms in total. The predicted molar refractivity (Wildman–Crippen MR) is 156 cm³/mol. The minimum atomic E-state index is -1.61. The van der Waals surface area contributed by atoms with Gasteiger partial charge < -0.3 is 47.7 Å². The number of nitrogens with one attached hydrogen (secondary N) is 4. The number of hydrogen-bond donors (Lipinski definition) is 9. The van der Waals surface area contributed by atoms with Gasteiger partial charge in [0, 0.05) is 36.4 Å². The van der Waals surface area contributed by atoms with Crippen LogP contribution in [-0.2, 0) is 41.6 Å². The van der Waals surface area contributed by atoms with Gasteiger partial charge in [0.2, 0.25) is 23.6 Å². The molecule has 4 atom stereocenters. The van der Waals surface area contributed by atoms with Crippen molar-refractivity contribution in [3.05, 3.63) is 65.9 Å². The number of aliphatic carboxylic acids is 2. The van der Waals surface area contributed by atoms with Gasteiger partial charge in [0.05, 0.1) is 12.5 Å². The first-order valence-corrected chi connectivity index (χ1v) is 13.6. The molecule has 234 valence electrons. The third kappa shape index (κ3) is 9.55. The Labute approximate surface area is 251 Å². The quantitative estimate of drug-likeness (QED) is 0.0980. The van der Waals surface area contributed by atoms with Crippen molar-refractivity contribution >= 4 is 46.5 Å². The van der Waals surface area contributed by atoms with E-state index in [1.807, 2.05) is 0 Å². The van der Waals surface area contributed by atoms with Crippen LogP contribution in [0.1, 0.15) is 30.4 Å². The zero-order chi connectivity index (χ0) is 32.4. The molecule has 11 N–H and O–H groups in total. The molecule has 2 aromatic carbocycles. The molecule has 3 rings (SSSR count). The Morgan fingerprint density at radius 1 is 0.795 bits per heavy atom. The topological polar surface area (TPSA) is 267 Å². The molecular weight excluding hydrogens is 576 g/mol. The van der Waals surface area contributed by atoms with E-state index in [0.29, 0.717) is 11.1 Å². The minimum absolute atomic E-state index is 0.0361. The molecule has 0 spiro atoms. The summed E-state index contributed by atoms with van der Waals surface area (Å²) in [5, 5.41) is 36.0. The van der Waals surface area contributed by atoms with Gasteiger partial charge in [0.15, 0.2) is 0 Å².